The van der Waals surface area contributed by atoms with Crippen molar-refractivity contribution < 1.29 is 0 Å². The Morgan fingerprint density at radius 2 is 0.875 bits per heavy atom. The first-order valence-electron chi connectivity index (χ1n) is 19.1. The summed E-state index contributed by atoms with van der Waals surface area (Å²) in [6, 6.07) is 69.6. The van der Waals surface area contributed by atoms with Gasteiger partial charge >= 0.3 is 0 Å². The van der Waals surface area contributed by atoms with E-state index in [1.165, 1.54) is 48.9 Å². The van der Waals surface area contributed by atoms with Crippen molar-refractivity contribution in [3.63, 3.8) is 0 Å². The topological polar surface area (TPSA) is 35.6 Å². The van der Waals surface area contributed by atoms with Gasteiger partial charge in [0.1, 0.15) is 0 Å². The van der Waals surface area contributed by atoms with Gasteiger partial charge in [-0.1, -0.05) is 127 Å². The fraction of sp³-hybridized carbons (Fsp3) is 0. The number of rotatable bonds is 4. The van der Waals surface area contributed by atoms with Crippen LogP contribution in [0.4, 0.5) is 0 Å². The minimum Gasteiger partial charge on any atom is -0.309 e. The Labute approximate surface area is 322 Å². The zero-order valence-electron chi connectivity index (χ0n) is 30.3. The number of hydrogen-bond donors (Lipinski definition) is 0. The van der Waals surface area contributed by atoms with E-state index in [2.05, 4.69) is 191 Å². The summed E-state index contributed by atoms with van der Waals surface area (Å²) in [4.78, 5) is 10.8. The predicted molar refractivity (Wildman–Crippen MR) is 234 cm³/mol. The maximum atomic E-state index is 5.43. The van der Waals surface area contributed by atoms with Gasteiger partial charge in [-0.15, -0.1) is 0 Å². The van der Waals surface area contributed by atoms with E-state index in [-0.39, 0.29) is 0 Å². The van der Waals surface area contributed by atoms with E-state index in [4.69, 9.17) is 9.97 Å². The van der Waals surface area contributed by atoms with Crippen LogP contribution < -0.4 is 0 Å². The number of para-hydroxylation sites is 5. The molecule has 0 fully saturated rings. The van der Waals surface area contributed by atoms with Crippen molar-refractivity contribution in [1.29, 1.82) is 0 Å². The number of hydrogen-bond acceptors (Lipinski definition) is 2. The molecule has 0 aliphatic heterocycles. The standard InChI is InChI=1S/C52H32N4/c1-2-16-36(17-3-1)55-46-24-12-8-20-39(46)41-27-26-35(32-49(41)55)51-52(54-45-23-11-10-22-44(45)53-51)42-28-29-48(38-19-7-6-18-37(38)42)56-47-25-13-9-21-40(47)43-30-33-14-4-5-15-34(33)31-50(43)56/h1-32H. The molecular weight excluding hydrogens is 681 g/mol. The number of aromatic nitrogens is 4. The highest BCUT2D eigenvalue weighted by molar-refractivity contribution is 6.15. The van der Waals surface area contributed by atoms with Crippen molar-refractivity contribution in [2.24, 2.45) is 0 Å². The predicted octanol–water partition coefficient (Wildman–Crippen LogP) is 13.5. The van der Waals surface area contributed by atoms with Gasteiger partial charge in [0.2, 0.25) is 0 Å². The molecule has 12 aromatic rings. The maximum Gasteiger partial charge on any atom is 0.0979 e. The fourth-order valence-corrected chi connectivity index (χ4v) is 8.96. The highest BCUT2D eigenvalue weighted by atomic mass is 15.0. The molecule has 0 aliphatic carbocycles. The minimum atomic E-state index is 0.858. The fourth-order valence-electron chi connectivity index (χ4n) is 8.96. The highest BCUT2D eigenvalue weighted by Crippen LogP contribution is 2.42. The maximum absolute atomic E-state index is 5.43. The van der Waals surface area contributed by atoms with Gasteiger partial charge in [-0.05, 0) is 82.9 Å². The van der Waals surface area contributed by atoms with Gasteiger partial charge in [-0.2, -0.15) is 0 Å². The van der Waals surface area contributed by atoms with Gasteiger partial charge in [-0.25, -0.2) is 9.97 Å². The van der Waals surface area contributed by atoms with Crippen molar-refractivity contribution in [2.75, 3.05) is 0 Å². The summed E-state index contributed by atoms with van der Waals surface area (Å²) < 4.78 is 4.80. The van der Waals surface area contributed by atoms with Crippen LogP contribution in [0.5, 0.6) is 0 Å². The van der Waals surface area contributed by atoms with E-state index < -0.39 is 0 Å². The molecule has 56 heavy (non-hydrogen) atoms. The normalized spacial score (nSPS) is 11.9. The molecule has 0 atom stereocenters. The molecule has 3 heterocycles. The molecule has 3 aromatic heterocycles. The van der Waals surface area contributed by atoms with Crippen molar-refractivity contribution in [2.45, 2.75) is 0 Å². The number of fused-ring (bicyclic) bond motifs is 9. The average Bonchev–Trinajstić information content (AvgIpc) is 3.77. The monoisotopic (exact) mass is 712 g/mol. The second-order valence-electron chi connectivity index (χ2n) is 14.6. The first-order chi connectivity index (χ1) is 27.8. The van der Waals surface area contributed by atoms with E-state index in [1.807, 2.05) is 12.1 Å². The van der Waals surface area contributed by atoms with Crippen LogP contribution in [0.1, 0.15) is 0 Å². The summed E-state index contributed by atoms with van der Waals surface area (Å²) in [7, 11) is 0. The van der Waals surface area contributed by atoms with Gasteiger partial charge < -0.3 is 9.13 Å². The molecule has 4 heteroatoms. The Kier molecular flexibility index (Phi) is 6.60. The Hall–Kier alpha value is -7.56. The first-order valence-corrected chi connectivity index (χ1v) is 19.1. The van der Waals surface area contributed by atoms with Gasteiger partial charge in [0, 0.05) is 43.7 Å². The lowest BCUT2D eigenvalue weighted by molar-refractivity contribution is 1.18. The van der Waals surface area contributed by atoms with Crippen molar-refractivity contribution in [3.8, 4) is 33.9 Å². The molecule has 0 N–H and O–H groups in total. The Bertz CT molecular complexity index is 3540. The molecule has 0 saturated heterocycles. The zero-order valence-corrected chi connectivity index (χ0v) is 30.3. The molecule has 0 bridgehead atoms. The SMILES string of the molecule is c1ccc(-n2c3ccccc3c3ccc(-c4nc5ccccc5nc4-c4ccc(-n5c6ccccc6c6cc7ccccc7cc65)c5ccccc45)cc32)cc1. The molecule has 260 valence electrons. The molecule has 0 unspecified atom stereocenters. The lowest BCUT2D eigenvalue weighted by Gasteiger charge is -2.17. The van der Waals surface area contributed by atoms with E-state index in [1.54, 1.807) is 0 Å². The Balaban J connectivity index is 1.13. The average molecular weight is 713 g/mol. The first kappa shape index (κ1) is 30.9. The molecular formula is C52H32N4. The molecule has 0 amide bonds. The summed E-state index contributed by atoms with van der Waals surface area (Å²) >= 11 is 0. The quantitative estimate of drug-likeness (QED) is 0.182. The zero-order chi connectivity index (χ0) is 36.7. The third kappa shape index (κ3) is 4.53. The molecule has 12 rings (SSSR count). The molecule has 0 saturated carbocycles. The van der Waals surface area contributed by atoms with Crippen LogP contribution in [-0.2, 0) is 0 Å². The largest absolute Gasteiger partial charge is 0.309 e. The van der Waals surface area contributed by atoms with Crippen molar-refractivity contribution >= 4 is 76.2 Å². The Morgan fingerprint density at radius 3 is 1.64 bits per heavy atom. The lowest BCUT2D eigenvalue weighted by atomic mass is 9.96. The molecule has 0 spiro atoms. The van der Waals surface area contributed by atoms with Crippen LogP contribution in [0.15, 0.2) is 194 Å². The lowest BCUT2D eigenvalue weighted by Crippen LogP contribution is -1.99. The molecule has 0 radical (unpaired) electrons. The van der Waals surface area contributed by atoms with Crippen LogP contribution >= 0.6 is 0 Å². The van der Waals surface area contributed by atoms with Crippen LogP contribution in [0, 0.1) is 0 Å². The third-order valence-corrected chi connectivity index (χ3v) is 11.5. The summed E-state index contributed by atoms with van der Waals surface area (Å²) in [5.41, 5.74) is 12.5. The van der Waals surface area contributed by atoms with Crippen molar-refractivity contribution in [3.05, 3.63) is 194 Å². The Morgan fingerprint density at radius 1 is 0.321 bits per heavy atom. The van der Waals surface area contributed by atoms with E-state index >= 15 is 0 Å². The summed E-state index contributed by atoms with van der Waals surface area (Å²) in [6.07, 6.45) is 0. The van der Waals surface area contributed by atoms with Crippen LogP contribution in [0.3, 0.4) is 0 Å². The summed E-state index contributed by atoms with van der Waals surface area (Å²) in [6.45, 7) is 0. The number of benzene rings is 9. The summed E-state index contributed by atoms with van der Waals surface area (Å²) in [5, 5.41) is 9.67. The molecule has 4 nitrogen and oxygen atoms in total. The van der Waals surface area contributed by atoms with E-state index in [0.717, 1.165) is 61.2 Å². The van der Waals surface area contributed by atoms with Gasteiger partial charge in [-0.3, -0.25) is 0 Å². The number of nitrogens with zero attached hydrogens (tertiary/aromatic N) is 4. The third-order valence-electron chi connectivity index (χ3n) is 11.5. The van der Waals surface area contributed by atoms with E-state index in [9.17, 15) is 0 Å². The van der Waals surface area contributed by atoms with Gasteiger partial charge in [0.25, 0.3) is 0 Å². The van der Waals surface area contributed by atoms with Crippen LogP contribution in [0.2, 0.25) is 0 Å². The van der Waals surface area contributed by atoms with Crippen LogP contribution in [0.25, 0.3) is 110 Å². The second-order valence-corrected chi connectivity index (χ2v) is 14.6. The van der Waals surface area contributed by atoms with Gasteiger partial charge in [0.15, 0.2) is 0 Å². The van der Waals surface area contributed by atoms with Crippen LogP contribution in [-0.4, -0.2) is 19.1 Å². The minimum absolute atomic E-state index is 0.858. The highest BCUT2D eigenvalue weighted by Gasteiger charge is 2.21. The molecule has 9 aromatic carbocycles. The van der Waals surface area contributed by atoms with Gasteiger partial charge in [0.05, 0.1) is 50.2 Å². The summed E-state index contributed by atoms with van der Waals surface area (Å²) in [5.74, 6) is 0. The second kappa shape index (κ2) is 12.0. The van der Waals surface area contributed by atoms with E-state index in [0.29, 0.717) is 0 Å². The smallest absolute Gasteiger partial charge is 0.0979 e. The molecule has 0 aliphatic rings. The van der Waals surface area contributed by atoms with Crippen molar-refractivity contribution in [1.82, 2.24) is 19.1 Å².